The summed E-state index contributed by atoms with van der Waals surface area (Å²) < 4.78 is 6.62. The standard InChI is InChI=1S/C13H12BrNO3S2/c1-3-18-9-6-8(14)4-7(11(9)16)5-10-12(17)15(2)13(19)20-10/h4-6,16H,3H2,1-2H3/b10-5-. The number of carbonyl (C=O) groups is 1. The van der Waals surface area contributed by atoms with Crippen molar-refractivity contribution in [1.82, 2.24) is 4.90 Å². The highest BCUT2D eigenvalue weighted by molar-refractivity contribution is 9.10. The minimum atomic E-state index is -0.169. The Morgan fingerprint density at radius 2 is 2.25 bits per heavy atom. The number of phenols is 1. The second-order valence-corrected chi connectivity index (χ2v) is 6.61. The van der Waals surface area contributed by atoms with Crippen molar-refractivity contribution in [3.8, 4) is 11.5 Å². The largest absolute Gasteiger partial charge is 0.504 e. The van der Waals surface area contributed by atoms with Gasteiger partial charge in [0.1, 0.15) is 4.32 Å². The van der Waals surface area contributed by atoms with Crippen LogP contribution in [-0.2, 0) is 4.79 Å². The molecule has 0 atom stereocenters. The zero-order chi connectivity index (χ0) is 14.9. The number of phenolic OH excluding ortho intramolecular Hbond substituents is 1. The molecule has 1 saturated heterocycles. The summed E-state index contributed by atoms with van der Waals surface area (Å²) in [5.74, 6) is 0.217. The van der Waals surface area contributed by atoms with Crippen LogP contribution >= 0.6 is 39.9 Å². The third kappa shape index (κ3) is 2.99. The lowest BCUT2D eigenvalue weighted by molar-refractivity contribution is -0.121. The summed E-state index contributed by atoms with van der Waals surface area (Å²) in [6.45, 7) is 2.28. The molecule has 0 aliphatic carbocycles. The van der Waals surface area contributed by atoms with Crippen molar-refractivity contribution in [2.45, 2.75) is 6.92 Å². The number of thioether (sulfide) groups is 1. The molecule has 0 radical (unpaired) electrons. The first-order chi connectivity index (χ1) is 9.43. The van der Waals surface area contributed by atoms with Gasteiger partial charge in [-0.3, -0.25) is 9.69 Å². The molecule has 1 aliphatic rings. The van der Waals surface area contributed by atoms with E-state index in [-0.39, 0.29) is 11.7 Å². The number of carbonyl (C=O) groups excluding carboxylic acids is 1. The molecule has 0 bridgehead atoms. The van der Waals surface area contributed by atoms with Crippen LogP contribution in [0.15, 0.2) is 21.5 Å². The van der Waals surface area contributed by atoms with E-state index in [2.05, 4.69) is 15.9 Å². The van der Waals surface area contributed by atoms with Gasteiger partial charge in [0.05, 0.1) is 11.5 Å². The molecule has 0 unspecified atom stereocenters. The number of hydrogen-bond donors (Lipinski definition) is 1. The van der Waals surface area contributed by atoms with Crippen LogP contribution in [0, 0.1) is 0 Å². The first-order valence-corrected chi connectivity index (χ1v) is 7.82. The van der Waals surface area contributed by atoms with Crippen molar-refractivity contribution in [1.29, 1.82) is 0 Å². The fourth-order valence-electron chi connectivity index (χ4n) is 1.66. The van der Waals surface area contributed by atoms with Gasteiger partial charge in [0.15, 0.2) is 11.5 Å². The number of thiocarbonyl (C=S) groups is 1. The molecule has 1 aliphatic heterocycles. The van der Waals surface area contributed by atoms with Gasteiger partial charge in [0.25, 0.3) is 5.91 Å². The lowest BCUT2D eigenvalue weighted by Gasteiger charge is -2.09. The summed E-state index contributed by atoms with van der Waals surface area (Å²) >= 11 is 9.64. The molecule has 2 rings (SSSR count). The predicted octanol–water partition coefficient (Wildman–Crippen LogP) is 3.38. The van der Waals surface area contributed by atoms with Gasteiger partial charge in [-0.1, -0.05) is 39.9 Å². The number of amides is 1. The topological polar surface area (TPSA) is 49.8 Å². The maximum absolute atomic E-state index is 12.0. The normalized spacial score (nSPS) is 17.1. The molecule has 1 aromatic carbocycles. The van der Waals surface area contributed by atoms with Crippen LogP contribution in [0.1, 0.15) is 12.5 Å². The van der Waals surface area contributed by atoms with E-state index in [0.29, 0.717) is 27.1 Å². The lowest BCUT2D eigenvalue weighted by atomic mass is 10.1. The maximum Gasteiger partial charge on any atom is 0.265 e. The van der Waals surface area contributed by atoms with Crippen molar-refractivity contribution in [2.75, 3.05) is 13.7 Å². The van der Waals surface area contributed by atoms with Crippen molar-refractivity contribution < 1.29 is 14.6 Å². The Balaban J connectivity index is 2.44. The average Bonchev–Trinajstić information content (AvgIpc) is 2.63. The number of aromatic hydroxyl groups is 1. The number of hydrogen-bond acceptors (Lipinski definition) is 5. The molecule has 0 spiro atoms. The minimum Gasteiger partial charge on any atom is -0.504 e. The molecule has 1 fully saturated rings. The highest BCUT2D eigenvalue weighted by atomic mass is 79.9. The fourth-order valence-corrected chi connectivity index (χ4v) is 3.28. The van der Waals surface area contributed by atoms with E-state index < -0.39 is 0 Å². The van der Waals surface area contributed by atoms with E-state index in [9.17, 15) is 9.90 Å². The van der Waals surface area contributed by atoms with E-state index in [4.69, 9.17) is 17.0 Å². The van der Waals surface area contributed by atoms with Gasteiger partial charge in [-0.25, -0.2) is 0 Å². The minimum absolute atomic E-state index is 0.0106. The number of likely N-dealkylation sites (N-methyl/N-ethyl adjacent to an activating group) is 1. The van der Waals surface area contributed by atoms with Crippen LogP contribution in [-0.4, -0.2) is 33.9 Å². The van der Waals surface area contributed by atoms with Gasteiger partial charge in [-0.2, -0.15) is 0 Å². The van der Waals surface area contributed by atoms with Crippen LogP contribution in [0.25, 0.3) is 6.08 Å². The smallest absolute Gasteiger partial charge is 0.265 e. The highest BCUT2D eigenvalue weighted by Gasteiger charge is 2.29. The number of halogens is 1. The molecule has 7 heteroatoms. The van der Waals surface area contributed by atoms with Gasteiger partial charge in [-0.05, 0) is 25.1 Å². The SMILES string of the molecule is CCOc1cc(Br)cc(/C=C2\SC(=S)N(C)C2=O)c1O. The zero-order valence-electron chi connectivity index (χ0n) is 10.8. The van der Waals surface area contributed by atoms with Crippen LogP contribution in [0.5, 0.6) is 11.5 Å². The van der Waals surface area contributed by atoms with E-state index in [0.717, 1.165) is 4.47 Å². The fraction of sp³-hybridized carbons (Fsp3) is 0.231. The zero-order valence-corrected chi connectivity index (χ0v) is 14.1. The molecular weight excluding hydrogens is 362 g/mol. The molecule has 0 saturated carbocycles. The molecule has 106 valence electrons. The second-order valence-electron chi connectivity index (χ2n) is 4.02. The summed E-state index contributed by atoms with van der Waals surface area (Å²) in [5.41, 5.74) is 0.511. The Morgan fingerprint density at radius 3 is 2.80 bits per heavy atom. The number of nitrogens with zero attached hydrogens (tertiary/aromatic N) is 1. The summed E-state index contributed by atoms with van der Waals surface area (Å²) in [5, 5.41) is 10.2. The summed E-state index contributed by atoms with van der Waals surface area (Å²) in [4.78, 5) is 13.8. The van der Waals surface area contributed by atoms with Gasteiger partial charge in [-0.15, -0.1) is 0 Å². The van der Waals surface area contributed by atoms with Crippen LogP contribution in [0.2, 0.25) is 0 Å². The number of ether oxygens (including phenoxy) is 1. The third-order valence-electron chi connectivity index (χ3n) is 2.64. The van der Waals surface area contributed by atoms with E-state index in [1.54, 1.807) is 25.3 Å². The molecule has 1 aromatic rings. The summed E-state index contributed by atoms with van der Waals surface area (Å²) in [7, 11) is 1.63. The number of rotatable bonds is 3. The van der Waals surface area contributed by atoms with Gasteiger partial charge < -0.3 is 9.84 Å². The molecule has 0 aromatic heterocycles. The number of benzene rings is 1. The Hall–Kier alpha value is -1.05. The maximum atomic E-state index is 12.0. The van der Waals surface area contributed by atoms with Crippen LogP contribution in [0.3, 0.4) is 0 Å². The monoisotopic (exact) mass is 373 g/mol. The molecule has 20 heavy (non-hydrogen) atoms. The Bertz CT molecular complexity index is 616. The quantitative estimate of drug-likeness (QED) is 0.649. The van der Waals surface area contributed by atoms with Crippen molar-refractivity contribution in [3.05, 3.63) is 27.1 Å². The van der Waals surface area contributed by atoms with Crippen molar-refractivity contribution >= 4 is 56.2 Å². The van der Waals surface area contributed by atoms with Crippen molar-refractivity contribution in [2.24, 2.45) is 0 Å². The molecule has 1 amide bonds. The average molecular weight is 374 g/mol. The van der Waals surface area contributed by atoms with Crippen LogP contribution < -0.4 is 4.74 Å². The van der Waals surface area contributed by atoms with Crippen LogP contribution in [0.4, 0.5) is 0 Å². The molecule has 1 heterocycles. The van der Waals surface area contributed by atoms with Gasteiger partial charge >= 0.3 is 0 Å². The predicted molar refractivity (Wildman–Crippen MR) is 87.9 cm³/mol. The first kappa shape index (κ1) is 15.3. The Kier molecular flexibility index (Phi) is 4.72. The molecule has 4 nitrogen and oxygen atoms in total. The van der Waals surface area contributed by atoms with E-state index in [1.807, 2.05) is 6.92 Å². The molecular formula is C13H12BrNO3S2. The summed E-state index contributed by atoms with van der Waals surface area (Å²) in [6, 6.07) is 3.40. The van der Waals surface area contributed by atoms with Crippen molar-refractivity contribution in [3.63, 3.8) is 0 Å². The van der Waals surface area contributed by atoms with E-state index >= 15 is 0 Å². The first-order valence-electron chi connectivity index (χ1n) is 5.81. The lowest BCUT2D eigenvalue weighted by Crippen LogP contribution is -2.22. The molecule has 1 N–H and O–H groups in total. The second kappa shape index (κ2) is 6.15. The van der Waals surface area contributed by atoms with Gasteiger partial charge in [0.2, 0.25) is 0 Å². The third-order valence-corrected chi connectivity index (χ3v) is 4.58. The van der Waals surface area contributed by atoms with Gasteiger partial charge in [0, 0.05) is 17.1 Å². The summed E-state index contributed by atoms with van der Waals surface area (Å²) in [6.07, 6.45) is 1.62. The Labute approximate surface area is 134 Å². The van der Waals surface area contributed by atoms with E-state index in [1.165, 1.54) is 16.7 Å². The highest BCUT2D eigenvalue weighted by Crippen LogP contribution is 2.38. The Morgan fingerprint density at radius 1 is 1.55 bits per heavy atom.